The molecule has 0 radical (unpaired) electrons. The SMILES string of the molecule is CCc1ccc2oc(-c3cccc(NC(=O)c4ccc(Br)cc4)c3)nc2c1. The summed E-state index contributed by atoms with van der Waals surface area (Å²) in [7, 11) is 0. The van der Waals surface area contributed by atoms with Crippen LogP contribution in [0.4, 0.5) is 5.69 Å². The number of amides is 1. The zero-order valence-electron chi connectivity index (χ0n) is 14.7. The second kappa shape index (κ2) is 7.37. The van der Waals surface area contributed by atoms with Gasteiger partial charge in [-0.2, -0.15) is 0 Å². The molecule has 1 amide bonds. The molecule has 134 valence electrons. The lowest BCUT2D eigenvalue weighted by atomic mass is 10.1. The number of rotatable bonds is 4. The molecule has 0 spiro atoms. The van der Waals surface area contributed by atoms with Crippen LogP contribution in [-0.2, 0) is 6.42 Å². The molecular weight excluding hydrogens is 404 g/mol. The maximum Gasteiger partial charge on any atom is 0.255 e. The Bertz CT molecular complexity index is 1120. The lowest BCUT2D eigenvalue weighted by Gasteiger charge is -2.06. The average molecular weight is 421 g/mol. The van der Waals surface area contributed by atoms with Gasteiger partial charge >= 0.3 is 0 Å². The highest BCUT2D eigenvalue weighted by Gasteiger charge is 2.11. The predicted octanol–water partition coefficient (Wildman–Crippen LogP) is 6.07. The van der Waals surface area contributed by atoms with Crippen molar-refractivity contribution in [3.63, 3.8) is 0 Å². The van der Waals surface area contributed by atoms with Crippen molar-refractivity contribution in [2.24, 2.45) is 0 Å². The van der Waals surface area contributed by atoms with E-state index < -0.39 is 0 Å². The van der Waals surface area contributed by atoms with Gasteiger partial charge in [0.1, 0.15) is 5.52 Å². The number of carbonyl (C=O) groups is 1. The molecule has 3 aromatic carbocycles. The molecule has 0 saturated carbocycles. The van der Waals surface area contributed by atoms with Crippen LogP contribution in [0.1, 0.15) is 22.8 Å². The van der Waals surface area contributed by atoms with Crippen molar-refractivity contribution in [2.45, 2.75) is 13.3 Å². The van der Waals surface area contributed by atoms with Crippen LogP contribution in [0.5, 0.6) is 0 Å². The summed E-state index contributed by atoms with van der Waals surface area (Å²) in [6.07, 6.45) is 0.954. The Morgan fingerprint density at radius 3 is 2.67 bits per heavy atom. The van der Waals surface area contributed by atoms with Gasteiger partial charge in [0.25, 0.3) is 5.91 Å². The number of nitrogens with zero attached hydrogens (tertiary/aromatic N) is 1. The highest BCUT2D eigenvalue weighted by atomic mass is 79.9. The summed E-state index contributed by atoms with van der Waals surface area (Å²) < 4.78 is 6.82. The number of halogens is 1. The Hall–Kier alpha value is -2.92. The molecule has 0 fully saturated rings. The summed E-state index contributed by atoms with van der Waals surface area (Å²) in [6.45, 7) is 2.11. The molecule has 0 bridgehead atoms. The van der Waals surface area contributed by atoms with E-state index in [0.717, 1.165) is 27.6 Å². The van der Waals surface area contributed by atoms with Gasteiger partial charge in [-0.3, -0.25) is 4.79 Å². The van der Waals surface area contributed by atoms with E-state index in [1.54, 1.807) is 12.1 Å². The summed E-state index contributed by atoms with van der Waals surface area (Å²) in [4.78, 5) is 17.0. The van der Waals surface area contributed by atoms with Gasteiger partial charge in [0, 0.05) is 21.3 Å². The van der Waals surface area contributed by atoms with Crippen molar-refractivity contribution in [2.75, 3.05) is 5.32 Å². The van der Waals surface area contributed by atoms with E-state index >= 15 is 0 Å². The molecule has 27 heavy (non-hydrogen) atoms. The van der Waals surface area contributed by atoms with Crippen molar-refractivity contribution in [3.8, 4) is 11.5 Å². The summed E-state index contributed by atoms with van der Waals surface area (Å²) in [5.41, 5.74) is 4.92. The van der Waals surface area contributed by atoms with Crippen LogP contribution in [0.25, 0.3) is 22.6 Å². The molecule has 1 aromatic heterocycles. The quantitative estimate of drug-likeness (QED) is 0.435. The second-order valence-corrected chi connectivity index (χ2v) is 7.13. The second-order valence-electron chi connectivity index (χ2n) is 6.22. The Labute approximate surface area is 165 Å². The van der Waals surface area contributed by atoms with Crippen LogP contribution in [0.2, 0.25) is 0 Å². The molecule has 0 aliphatic heterocycles. The van der Waals surface area contributed by atoms with Crippen molar-refractivity contribution in [1.82, 2.24) is 4.98 Å². The van der Waals surface area contributed by atoms with Gasteiger partial charge in [-0.15, -0.1) is 0 Å². The molecule has 4 rings (SSSR count). The lowest BCUT2D eigenvalue weighted by molar-refractivity contribution is 0.102. The number of fused-ring (bicyclic) bond motifs is 1. The first-order chi connectivity index (χ1) is 13.1. The molecular formula is C22H17BrN2O2. The third-order valence-electron chi connectivity index (χ3n) is 4.33. The molecule has 4 nitrogen and oxygen atoms in total. The van der Waals surface area contributed by atoms with Crippen LogP contribution in [-0.4, -0.2) is 10.9 Å². The van der Waals surface area contributed by atoms with Crippen molar-refractivity contribution in [3.05, 3.63) is 82.3 Å². The van der Waals surface area contributed by atoms with E-state index in [1.807, 2.05) is 54.6 Å². The Kier molecular flexibility index (Phi) is 4.77. The monoisotopic (exact) mass is 420 g/mol. The average Bonchev–Trinajstić information content (AvgIpc) is 3.12. The lowest BCUT2D eigenvalue weighted by Crippen LogP contribution is -2.11. The van der Waals surface area contributed by atoms with Crippen LogP contribution >= 0.6 is 15.9 Å². The minimum Gasteiger partial charge on any atom is -0.436 e. The maximum atomic E-state index is 12.4. The number of aromatic nitrogens is 1. The maximum absolute atomic E-state index is 12.4. The Balaban J connectivity index is 1.60. The van der Waals surface area contributed by atoms with E-state index in [9.17, 15) is 4.79 Å². The fraction of sp³-hybridized carbons (Fsp3) is 0.0909. The summed E-state index contributed by atoms with van der Waals surface area (Å²) in [5.74, 6) is 0.378. The van der Waals surface area contributed by atoms with E-state index in [0.29, 0.717) is 17.1 Å². The largest absolute Gasteiger partial charge is 0.436 e. The van der Waals surface area contributed by atoms with Crippen LogP contribution in [0.15, 0.2) is 75.6 Å². The number of hydrogen-bond acceptors (Lipinski definition) is 3. The van der Waals surface area contributed by atoms with Crippen molar-refractivity contribution in [1.29, 1.82) is 0 Å². The van der Waals surface area contributed by atoms with Crippen molar-refractivity contribution < 1.29 is 9.21 Å². The minimum absolute atomic E-state index is 0.162. The van der Waals surface area contributed by atoms with E-state index in [-0.39, 0.29) is 5.91 Å². The van der Waals surface area contributed by atoms with Crippen LogP contribution in [0.3, 0.4) is 0 Å². The topological polar surface area (TPSA) is 55.1 Å². The Morgan fingerprint density at radius 2 is 1.89 bits per heavy atom. The fourth-order valence-electron chi connectivity index (χ4n) is 2.85. The van der Waals surface area contributed by atoms with Gasteiger partial charge in [0.2, 0.25) is 5.89 Å². The number of oxazole rings is 1. The first kappa shape index (κ1) is 17.5. The molecule has 1 heterocycles. The number of aryl methyl sites for hydroxylation is 1. The summed E-state index contributed by atoms with van der Waals surface area (Å²) >= 11 is 3.37. The minimum atomic E-state index is -0.162. The fourth-order valence-corrected chi connectivity index (χ4v) is 3.12. The summed E-state index contributed by atoms with van der Waals surface area (Å²) in [5, 5.41) is 2.92. The van der Waals surface area contributed by atoms with E-state index in [2.05, 4.69) is 33.2 Å². The van der Waals surface area contributed by atoms with Gasteiger partial charge in [-0.05, 0) is 66.6 Å². The summed E-state index contributed by atoms with van der Waals surface area (Å²) in [6, 6.07) is 20.8. The third kappa shape index (κ3) is 3.78. The zero-order chi connectivity index (χ0) is 18.8. The van der Waals surface area contributed by atoms with Gasteiger partial charge in [-0.1, -0.05) is 35.0 Å². The van der Waals surface area contributed by atoms with Gasteiger partial charge < -0.3 is 9.73 Å². The van der Waals surface area contributed by atoms with E-state index in [4.69, 9.17) is 4.42 Å². The molecule has 0 aliphatic carbocycles. The molecule has 4 aromatic rings. The normalized spacial score (nSPS) is 10.9. The molecule has 5 heteroatoms. The van der Waals surface area contributed by atoms with Crippen LogP contribution in [0, 0.1) is 0 Å². The highest BCUT2D eigenvalue weighted by Crippen LogP contribution is 2.27. The first-order valence-electron chi connectivity index (χ1n) is 8.69. The number of anilines is 1. The standard InChI is InChI=1S/C22H17BrN2O2/c1-2-14-6-11-20-19(12-14)25-22(27-20)16-4-3-5-18(13-16)24-21(26)15-7-9-17(23)10-8-15/h3-13H,2H2,1H3,(H,24,26). The molecule has 1 N–H and O–H groups in total. The van der Waals surface area contributed by atoms with Gasteiger partial charge in [0.05, 0.1) is 0 Å². The first-order valence-corrected chi connectivity index (χ1v) is 9.48. The zero-order valence-corrected chi connectivity index (χ0v) is 16.3. The third-order valence-corrected chi connectivity index (χ3v) is 4.86. The highest BCUT2D eigenvalue weighted by molar-refractivity contribution is 9.10. The number of nitrogens with one attached hydrogen (secondary N) is 1. The smallest absolute Gasteiger partial charge is 0.255 e. The van der Waals surface area contributed by atoms with E-state index in [1.165, 1.54) is 5.56 Å². The number of carbonyl (C=O) groups excluding carboxylic acids is 1. The Morgan fingerprint density at radius 1 is 1.07 bits per heavy atom. The van der Waals surface area contributed by atoms with Crippen molar-refractivity contribution >= 4 is 38.6 Å². The molecule has 0 saturated heterocycles. The number of benzene rings is 3. The van der Waals surface area contributed by atoms with Gasteiger partial charge in [-0.25, -0.2) is 4.98 Å². The van der Waals surface area contributed by atoms with Crippen LogP contribution < -0.4 is 5.32 Å². The molecule has 0 aliphatic rings. The van der Waals surface area contributed by atoms with Gasteiger partial charge in [0.15, 0.2) is 5.58 Å². The molecule has 0 atom stereocenters. The predicted molar refractivity (Wildman–Crippen MR) is 111 cm³/mol. The number of hydrogen-bond donors (Lipinski definition) is 1. The molecule has 0 unspecified atom stereocenters.